The van der Waals surface area contributed by atoms with Crippen molar-refractivity contribution < 1.29 is 27.6 Å². The molecule has 0 atom stereocenters. The number of halogens is 3. The van der Waals surface area contributed by atoms with Crippen molar-refractivity contribution in [2.75, 3.05) is 35.6 Å². The first kappa shape index (κ1) is 25.7. The summed E-state index contributed by atoms with van der Waals surface area (Å²) in [7, 11) is 0. The van der Waals surface area contributed by atoms with Crippen LogP contribution in [0.4, 0.5) is 30.2 Å². The van der Waals surface area contributed by atoms with Crippen LogP contribution >= 0.6 is 0 Å². The first-order valence-corrected chi connectivity index (χ1v) is 11.7. The summed E-state index contributed by atoms with van der Waals surface area (Å²) in [5.74, 6) is -1.04. The van der Waals surface area contributed by atoms with Gasteiger partial charge >= 0.3 is 6.18 Å². The number of alkyl halides is 3. The molecule has 7 nitrogen and oxygen atoms in total. The van der Waals surface area contributed by atoms with E-state index in [1.807, 2.05) is 4.90 Å². The fraction of sp³-hybridized carbons (Fsp3) is 0.222. The van der Waals surface area contributed by atoms with Crippen molar-refractivity contribution in [2.45, 2.75) is 19.0 Å². The molecule has 0 spiro atoms. The van der Waals surface area contributed by atoms with E-state index in [4.69, 9.17) is 0 Å². The quantitative estimate of drug-likeness (QED) is 0.405. The smallest absolute Gasteiger partial charge is 0.376 e. The van der Waals surface area contributed by atoms with E-state index in [2.05, 4.69) is 16.0 Å². The molecule has 1 saturated heterocycles. The van der Waals surface area contributed by atoms with Gasteiger partial charge in [-0.1, -0.05) is 18.2 Å². The zero-order valence-corrected chi connectivity index (χ0v) is 19.8. The summed E-state index contributed by atoms with van der Waals surface area (Å²) < 4.78 is 38.8. The van der Waals surface area contributed by atoms with E-state index in [9.17, 15) is 27.6 Å². The van der Waals surface area contributed by atoms with E-state index in [0.717, 1.165) is 38.1 Å². The molecule has 0 radical (unpaired) electrons. The molecule has 1 aliphatic rings. The maximum absolute atomic E-state index is 12.9. The summed E-state index contributed by atoms with van der Waals surface area (Å²) in [6, 6.07) is 17.3. The van der Waals surface area contributed by atoms with Gasteiger partial charge in [0.15, 0.2) is 0 Å². The molecule has 0 aromatic heterocycles. The molecule has 0 bridgehead atoms. The van der Waals surface area contributed by atoms with Gasteiger partial charge in [-0.15, -0.1) is 0 Å². The van der Waals surface area contributed by atoms with Crippen LogP contribution < -0.4 is 16.0 Å². The Morgan fingerprint density at radius 2 is 1.35 bits per heavy atom. The van der Waals surface area contributed by atoms with E-state index in [1.54, 1.807) is 36.4 Å². The third-order valence-electron chi connectivity index (χ3n) is 5.81. The average molecular weight is 511 g/mol. The Morgan fingerprint density at radius 1 is 0.757 bits per heavy atom. The monoisotopic (exact) mass is 510 g/mol. The predicted molar refractivity (Wildman–Crippen MR) is 135 cm³/mol. The molecule has 4 rings (SSSR count). The molecule has 37 heavy (non-hydrogen) atoms. The Balaban J connectivity index is 1.33. The minimum absolute atomic E-state index is 0.00362. The maximum Gasteiger partial charge on any atom is 0.416 e. The number of amides is 3. The van der Waals surface area contributed by atoms with Crippen LogP contribution in [-0.4, -0.2) is 42.3 Å². The van der Waals surface area contributed by atoms with Gasteiger partial charge in [0.25, 0.3) is 11.8 Å². The third-order valence-corrected chi connectivity index (χ3v) is 5.81. The molecule has 1 aliphatic heterocycles. The summed E-state index contributed by atoms with van der Waals surface area (Å²) in [6.07, 6.45) is -2.53. The normalized spacial score (nSPS) is 13.2. The second-order valence-corrected chi connectivity index (χ2v) is 8.60. The summed E-state index contributed by atoms with van der Waals surface area (Å²) in [4.78, 5) is 39.4. The highest BCUT2D eigenvalue weighted by Gasteiger charge is 2.30. The van der Waals surface area contributed by atoms with Gasteiger partial charge in [0.2, 0.25) is 5.91 Å². The number of nitrogens with one attached hydrogen (secondary N) is 3. The van der Waals surface area contributed by atoms with Crippen LogP contribution in [0.3, 0.4) is 0 Å². The molecule has 3 aromatic rings. The van der Waals surface area contributed by atoms with Crippen molar-refractivity contribution in [3.8, 4) is 0 Å². The molecule has 3 aromatic carbocycles. The van der Waals surface area contributed by atoms with Gasteiger partial charge in [-0.05, 0) is 67.4 Å². The Kier molecular flexibility index (Phi) is 7.76. The summed E-state index contributed by atoms with van der Waals surface area (Å²) in [6.45, 7) is 1.41. The van der Waals surface area contributed by atoms with Crippen molar-refractivity contribution >= 4 is 34.8 Å². The van der Waals surface area contributed by atoms with Crippen molar-refractivity contribution in [1.29, 1.82) is 0 Å². The number of carbonyl (C=O) groups excluding carboxylic acids is 3. The highest BCUT2D eigenvalue weighted by molar-refractivity contribution is 6.05. The summed E-state index contributed by atoms with van der Waals surface area (Å²) >= 11 is 0. The first-order chi connectivity index (χ1) is 17.7. The minimum Gasteiger partial charge on any atom is -0.376 e. The number of hydrogen-bond donors (Lipinski definition) is 3. The number of hydrogen-bond acceptors (Lipinski definition) is 4. The lowest BCUT2D eigenvalue weighted by Crippen LogP contribution is -2.27. The van der Waals surface area contributed by atoms with Gasteiger partial charge in [-0.2, -0.15) is 13.2 Å². The first-order valence-electron chi connectivity index (χ1n) is 11.7. The number of anilines is 3. The van der Waals surface area contributed by atoms with Crippen LogP contribution in [0.5, 0.6) is 0 Å². The SMILES string of the molecule is O=C(CNc1cccc(C(=O)N2CCCC2)c1)Nc1cccc(C(=O)Nc2cccc(C(F)(F)F)c2)c1. The minimum atomic E-state index is -4.52. The maximum atomic E-state index is 12.9. The lowest BCUT2D eigenvalue weighted by Gasteiger charge is -2.16. The van der Waals surface area contributed by atoms with Crippen molar-refractivity contribution in [3.05, 3.63) is 89.5 Å². The van der Waals surface area contributed by atoms with Crippen LogP contribution in [0, 0.1) is 0 Å². The molecule has 0 unspecified atom stereocenters. The second kappa shape index (κ2) is 11.2. The highest BCUT2D eigenvalue weighted by atomic mass is 19.4. The molecular formula is C27H25F3N4O3. The van der Waals surface area contributed by atoms with Gasteiger partial charge in [-0.3, -0.25) is 14.4 Å². The fourth-order valence-corrected chi connectivity index (χ4v) is 3.97. The Morgan fingerprint density at radius 3 is 2.05 bits per heavy atom. The molecule has 0 aliphatic carbocycles. The molecule has 0 saturated carbocycles. The number of likely N-dealkylation sites (tertiary alicyclic amines) is 1. The molecule has 3 N–H and O–H groups in total. The van der Waals surface area contributed by atoms with E-state index in [0.29, 0.717) is 16.9 Å². The fourth-order valence-electron chi connectivity index (χ4n) is 3.97. The Hall–Kier alpha value is -4.34. The van der Waals surface area contributed by atoms with E-state index < -0.39 is 17.6 Å². The van der Waals surface area contributed by atoms with Crippen molar-refractivity contribution in [1.82, 2.24) is 4.90 Å². The third kappa shape index (κ3) is 6.87. The molecular weight excluding hydrogens is 485 g/mol. The number of carbonyl (C=O) groups is 3. The van der Waals surface area contributed by atoms with Gasteiger partial charge in [0, 0.05) is 41.3 Å². The summed E-state index contributed by atoms with van der Waals surface area (Å²) in [5, 5.41) is 8.10. The lowest BCUT2D eigenvalue weighted by atomic mass is 10.1. The second-order valence-electron chi connectivity index (χ2n) is 8.60. The van der Waals surface area contributed by atoms with E-state index in [1.165, 1.54) is 24.3 Å². The number of benzene rings is 3. The number of nitrogens with zero attached hydrogens (tertiary/aromatic N) is 1. The zero-order valence-electron chi connectivity index (χ0n) is 19.8. The number of rotatable bonds is 7. The Bertz CT molecular complexity index is 1300. The van der Waals surface area contributed by atoms with Crippen molar-refractivity contribution in [3.63, 3.8) is 0 Å². The van der Waals surface area contributed by atoms with Crippen LogP contribution in [0.2, 0.25) is 0 Å². The van der Waals surface area contributed by atoms with E-state index in [-0.39, 0.29) is 29.6 Å². The van der Waals surface area contributed by atoms with Crippen LogP contribution in [0.15, 0.2) is 72.8 Å². The molecule has 1 fully saturated rings. The van der Waals surface area contributed by atoms with Crippen LogP contribution in [-0.2, 0) is 11.0 Å². The average Bonchev–Trinajstić information content (AvgIpc) is 3.42. The van der Waals surface area contributed by atoms with Gasteiger partial charge in [0.1, 0.15) is 0 Å². The molecule has 3 amide bonds. The summed E-state index contributed by atoms with van der Waals surface area (Å²) in [5.41, 5.74) is 0.813. The topological polar surface area (TPSA) is 90.5 Å². The largest absolute Gasteiger partial charge is 0.416 e. The van der Waals surface area contributed by atoms with Gasteiger partial charge < -0.3 is 20.9 Å². The van der Waals surface area contributed by atoms with Crippen molar-refractivity contribution in [2.24, 2.45) is 0 Å². The van der Waals surface area contributed by atoms with Crippen LogP contribution in [0.1, 0.15) is 39.1 Å². The zero-order chi connectivity index (χ0) is 26.4. The van der Waals surface area contributed by atoms with Gasteiger partial charge in [-0.25, -0.2) is 0 Å². The molecule has 1 heterocycles. The molecule has 192 valence electrons. The standard InChI is InChI=1S/C27H25F3N4O3/c28-27(29,30)20-8-5-11-23(16-20)33-25(36)18-6-3-10-22(14-18)32-24(35)17-31-21-9-4-7-19(15-21)26(37)34-12-1-2-13-34/h3-11,14-16,31H,1-2,12-13,17H2,(H,32,35)(H,33,36). The van der Waals surface area contributed by atoms with Gasteiger partial charge in [0.05, 0.1) is 12.1 Å². The highest BCUT2D eigenvalue weighted by Crippen LogP contribution is 2.30. The van der Waals surface area contributed by atoms with E-state index >= 15 is 0 Å². The molecule has 10 heteroatoms. The Labute approximate surface area is 211 Å². The van der Waals surface area contributed by atoms with Crippen LogP contribution in [0.25, 0.3) is 0 Å². The predicted octanol–water partition coefficient (Wildman–Crippen LogP) is 5.24. The lowest BCUT2D eigenvalue weighted by molar-refractivity contribution is -0.137.